The van der Waals surface area contributed by atoms with Crippen LogP contribution in [0.5, 0.6) is 0 Å². The summed E-state index contributed by atoms with van der Waals surface area (Å²) < 4.78 is 41.6. The van der Waals surface area contributed by atoms with Gasteiger partial charge in [0.05, 0.1) is 11.7 Å². The monoisotopic (exact) mass is 268 g/mol. The van der Waals surface area contributed by atoms with Gasteiger partial charge in [-0.2, -0.15) is 13.2 Å². The van der Waals surface area contributed by atoms with E-state index in [1.54, 1.807) is 7.11 Å². The van der Waals surface area contributed by atoms with Crippen molar-refractivity contribution in [3.63, 3.8) is 0 Å². The van der Waals surface area contributed by atoms with Crippen molar-refractivity contribution in [1.29, 1.82) is 0 Å². The predicted molar refractivity (Wildman–Crippen MR) is 63.3 cm³/mol. The molecular formula is C13H23F3O2. The van der Waals surface area contributed by atoms with Crippen molar-refractivity contribution < 1.29 is 23.0 Å². The zero-order chi connectivity index (χ0) is 13.8. The minimum atomic E-state index is -4.14. The number of methoxy groups -OCH3 is 1. The van der Waals surface area contributed by atoms with Gasteiger partial charge < -0.3 is 9.84 Å². The Morgan fingerprint density at radius 2 is 1.89 bits per heavy atom. The maximum Gasteiger partial charge on any atom is 0.389 e. The number of hydrogen-bond acceptors (Lipinski definition) is 2. The molecule has 0 radical (unpaired) electrons. The fourth-order valence-corrected chi connectivity index (χ4v) is 2.68. The van der Waals surface area contributed by atoms with E-state index in [4.69, 9.17) is 4.74 Å². The molecule has 0 saturated heterocycles. The van der Waals surface area contributed by atoms with E-state index in [1.807, 2.05) is 0 Å². The Labute approximate surface area is 107 Å². The van der Waals surface area contributed by atoms with Crippen LogP contribution in [0.3, 0.4) is 0 Å². The Kier molecular flexibility index (Phi) is 5.46. The van der Waals surface area contributed by atoms with E-state index in [0.717, 1.165) is 25.7 Å². The summed E-state index contributed by atoms with van der Waals surface area (Å²) in [6.07, 6.45) is -2.25. The first-order valence-electron chi connectivity index (χ1n) is 6.59. The average molecular weight is 268 g/mol. The average Bonchev–Trinajstić information content (AvgIpc) is 2.28. The van der Waals surface area contributed by atoms with Crippen LogP contribution in [0.4, 0.5) is 13.2 Å². The molecule has 1 fully saturated rings. The minimum Gasteiger partial charge on any atom is -0.390 e. The first kappa shape index (κ1) is 15.8. The molecule has 0 amide bonds. The molecule has 0 heterocycles. The van der Waals surface area contributed by atoms with Gasteiger partial charge in [0.2, 0.25) is 0 Å². The highest BCUT2D eigenvalue weighted by molar-refractivity contribution is 4.92. The van der Waals surface area contributed by atoms with Crippen LogP contribution in [-0.2, 0) is 4.74 Å². The molecule has 108 valence electrons. The topological polar surface area (TPSA) is 29.5 Å². The van der Waals surface area contributed by atoms with Crippen LogP contribution >= 0.6 is 0 Å². The number of alkyl halides is 3. The smallest absolute Gasteiger partial charge is 0.389 e. The van der Waals surface area contributed by atoms with Crippen molar-refractivity contribution in [2.45, 2.75) is 69.8 Å². The van der Waals surface area contributed by atoms with Crippen LogP contribution in [-0.4, -0.2) is 30.1 Å². The van der Waals surface area contributed by atoms with Crippen LogP contribution in [0.2, 0.25) is 0 Å². The van der Waals surface area contributed by atoms with Crippen molar-refractivity contribution in [3.8, 4) is 0 Å². The summed E-state index contributed by atoms with van der Waals surface area (Å²) in [6, 6.07) is 0. The van der Waals surface area contributed by atoms with Crippen molar-refractivity contribution in [1.82, 2.24) is 0 Å². The van der Waals surface area contributed by atoms with Crippen molar-refractivity contribution >= 4 is 0 Å². The van der Waals surface area contributed by atoms with Crippen molar-refractivity contribution in [3.05, 3.63) is 0 Å². The summed E-state index contributed by atoms with van der Waals surface area (Å²) in [6.45, 7) is 2.15. The Bertz CT molecular complexity index is 245. The zero-order valence-electron chi connectivity index (χ0n) is 11.1. The van der Waals surface area contributed by atoms with E-state index in [-0.39, 0.29) is 12.8 Å². The second kappa shape index (κ2) is 6.24. The van der Waals surface area contributed by atoms with Gasteiger partial charge in [0.25, 0.3) is 0 Å². The zero-order valence-corrected chi connectivity index (χ0v) is 11.1. The van der Waals surface area contributed by atoms with Gasteiger partial charge in [-0.05, 0) is 44.4 Å². The van der Waals surface area contributed by atoms with Gasteiger partial charge in [-0.1, -0.05) is 6.92 Å². The molecule has 0 aromatic carbocycles. The predicted octanol–water partition coefficient (Wildman–Crippen LogP) is 3.68. The summed E-state index contributed by atoms with van der Waals surface area (Å²) in [4.78, 5) is 0. The molecule has 5 heteroatoms. The standard InChI is InChI=1S/C13H23F3O2/c1-10-5-8-12(18-2,9-6-10)11(17)4-3-7-13(14,15)16/h10-11,17H,3-9H2,1-2H3. The lowest BCUT2D eigenvalue weighted by Gasteiger charge is -2.41. The third-order valence-electron chi connectivity index (χ3n) is 4.07. The van der Waals surface area contributed by atoms with E-state index in [9.17, 15) is 18.3 Å². The first-order chi connectivity index (χ1) is 8.29. The fourth-order valence-electron chi connectivity index (χ4n) is 2.68. The summed E-state index contributed by atoms with van der Waals surface area (Å²) in [5.41, 5.74) is -0.627. The van der Waals surface area contributed by atoms with Gasteiger partial charge >= 0.3 is 6.18 Å². The van der Waals surface area contributed by atoms with Crippen molar-refractivity contribution in [2.75, 3.05) is 7.11 Å². The summed E-state index contributed by atoms with van der Waals surface area (Å²) in [5.74, 6) is 0.607. The minimum absolute atomic E-state index is 0.0364. The highest BCUT2D eigenvalue weighted by Crippen LogP contribution is 2.38. The number of aliphatic hydroxyl groups excluding tert-OH is 1. The highest BCUT2D eigenvalue weighted by Gasteiger charge is 2.40. The quantitative estimate of drug-likeness (QED) is 0.824. The lowest BCUT2D eigenvalue weighted by atomic mass is 9.75. The molecule has 1 atom stereocenters. The van der Waals surface area contributed by atoms with E-state index < -0.39 is 24.3 Å². The summed E-state index contributed by atoms with van der Waals surface area (Å²) in [5, 5.41) is 10.1. The molecule has 1 aliphatic rings. The van der Waals surface area contributed by atoms with Gasteiger partial charge in [-0.15, -0.1) is 0 Å². The molecule has 18 heavy (non-hydrogen) atoms. The summed E-state index contributed by atoms with van der Waals surface area (Å²) >= 11 is 0. The number of rotatable bonds is 5. The van der Waals surface area contributed by atoms with E-state index in [1.165, 1.54) is 0 Å². The lowest BCUT2D eigenvalue weighted by Crippen LogP contribution is -2.46. The Balaban J connectivity index is 2.44. The maximum absolute atomic E-state index is 12.1. The van der Waals surface area contributed by atoms with Gasteiger partial charge in [-0.3, -0.25) is 0 Å². The highest BCUT2D eigenvalue weighted by atomic mass is 19.4. The summed E-state index contributed by atoms with van der Waals surface area (Å²) in [7, 11) is 1.54. The van der Waals surface area contributed by atoms with Crippen LogP contribution in [0.25, 0.3) is 0 Å². The van der Waals surface area contributed by atoms with E-state index in [0.29, 0.717) is 5.92 Å². The molecule has 2 nitrogen and oxygen atoms in total. The molecule has 0 spiro atoms. The van der Waals surface area contributed by atoms with Gasteiger partial charge in [0, 0.05) is 13.5 Å². The Morgan fingerprint density at radius 1 is 1.33 bits per heavy atom. The van der Waals surface area contributed by atoms with E-state index in [2.05, 4.69) is 6.92 Å². The van der Waals surface area contributed by atoms with Gasteiger partial charge in [-0.25, -0.2) is 0 Å². The lowest BCUT2D eigenvalue weighted by molar-refractivity contribution is -0.147. The van der Waals surface area contributed by atoms with Crippen LogP contribution in [0, 0.1) is 5.92 Å². The normalized spacial score (nSPS) is 31.3. The Morgan fingerprint density at radius 3 is 2.33 bits per heavy atom. The third-order valence-corrected chi connectivity index (χ3v) is 4.07. The molecule has 1 unspecified atom stereocenters. The number of hydrogen-bond donors (Lipinski definition) is 1. The second-order valence-corrected chi connectivity index (χ2v) is 5.47. The number of ether oxygens (including phenoxy) is 1. The number of halogens is 3. The Hall–Kier alpha value is -0.290. The maximum atomic E-state index is 12.1. The molecule has 1 N–H and O–H groups in total. The molecule has 1 saturated carbocycles. The van der Waals surface area contributed by atoms with E-state index >= 15 is 0 Å². The molecule has 0 aliphatic heterocycles. The van der Waals surface area contributed by atoms with Gasteiger partial charge in [0.15, 0.2) is 0 Å². The van der Waals surface area contributed by atoms with Crippen LogP contribution in [0.1, 0.15) is 51.9 Å². The molecule has 1 rings (SSSR count). The number of aliphatic hydroxyl groups is 1. The molecule has 0 bridgehead atoms. The largest absolute Gasteiger partial charge is 0.390 e. The fraction of sp³-hybridized carbons (Fsp3) is 1.00. The van der Waals surface area contributed by atoms with Crippen molar-refractivity contribution in [2.24, 2.45) is 5.92 Å². The molecule has 1 aliphatic carbocycles. The SMILES string of the molecule is COC1(C(O)CCCC(F)(F)F)CCC(C)CC1. The van der Waals surface area contributed by atoms with Gasteiger partial charge in [0.1, 0.15) is 0 Å². The molecule has 0 aromatic rings. The first-order valence-corrected chi connectivity index (χ1v) is 6.59. The third kappa shape index (κ3) is 4.43. The van der Waals surface area contributed by atoms with Crippen LogP contribution < -0.4 is 0 Å². The molecular weight excluding hydrogens is 245 g/mol. The second-order valence-electron chi connectivity index (χ2n) is 5.47. The molecule has 0 aromatic heterocycles. The van der Waals surface area contributed by atoms with Crippen LogP contribution in [0.15, 0.2) is 0 Å².